The lowest BCUT2D eigenvalue weighted by Gasteiger charge is -2.03. The number of carbonyl (C=O) groups excluding carboxylic acids is 1. The van der Waals surface area contributed by atoms with Crippen molar-refractivity contribution in [3.8, 4) is 0 Å². The zero-order chi connectivity index (χ0) is 9.84. The van der Waals surface area contributed by atoms with Crippen molar-refractivity contribution in [2.45, 2.75) is 20.3 Å². The Balaban J connectivity index is 2.77. The molecule has 0 aromatic heterocycles. The summed E-state index contributed by atoms with van der Waals surface area (Å²) >= 11 is 2.22. The van der Waals surface area contributed by atoms with E-state index in [2.05, 4.69) is 36.4 Å². The van der Waals surface area contributed by atoms with Crippen molar-refractivity contribution in [3.05, 3.63) is 33.4 Å². The number of hydrogen-bond donors (Lipinski definition) is 0. The Kier molecular flexibility index (Phi) is 3.90. The van der Waals surface area contributed by atoms with Crippen molar-refractivity contribution in [3.63, 3.8) is 0 Å². The Labute approximate surface area is 92.7 Å². The predicted octanol–water partition coefficient (Wildman–Crippen LogP) is 3.52. The van der Waals surface area contributed by atoms with Crippen LogP contribution in [0.3, 0.4) is 0 Å². The molecule has 2 heteroatoms. The lowest BCUT2D eigenvalue weighted by atomic mass is 10.0. The smallest absolute Gasteiger partial charge is 0.163 e. The molecule has 0 spiro atoms. The maximum atomic E-state index is 11.6. The van der Waals surface area contributed by atoms with Gasteiger partial charge >= 0.3 is 0 Å². The highest BCUT2D eigenvalue weighted by molar-refractivity contribution is 14.1. The van der Waals surface area contributed by atoms with Gasteiger partial charge in [0.2, 0.25) is 0 Å². The van der Waals surface area contributed by atoms with Gasteiger partial charge in [0.25, 0.3) is 0 Å². The van der Waals surface area contributed by atoms with Crippen LogP contribution < -0.4 is 0 Å². The van der Waals surface area contributed by atoms with E-state index in [0.29, 0.717) is 12.3 Å². The zero-order valence-electron chi connectivity index (χ0n) is 7.88. The van der Waals surface area contributed by atoms with Crippen molar-refractivity contribution in [1.29, 1.82) is 0 Å². The fourth-order valence-corrected chi connectivity index (χ4v) is 1.69. The number of carbonyl (C=O) groups is 1. The molecule has 13 heavy (non-hydrogen) atoms. The average Bonchev–Trinajstić information content (AvgIpc) is 2.03. The summed E-state index contributed by atoms with van der Waals surface area (Å²) in [7, 11) is 0. The van der Waals surface area contributed by atoms with Crippen LogP contribution in [0.15, 0.2) is 24.3 Å². The molecule has 0 heterocycles. The van der Waals surface area contributed by atoms with Gasteiger partial charge in [-0.3, -0.25) is 4.79 Å². The Hall–Kier alpha value is -0.380. The predicted molar refractivity (Wildman–Crippen MR) is 62.9 cm³/mol. The van der Waals surface area contributed by atoms with Gasteiger partial charge < -0.3 is 0 Å². The number of rotatable bonds is 3. The highest BCUT2D eigenvalue weighted by atomic mass is 127. The Morgan fingerprint density at radius 3 is 2.69 bits per heavy atom. The van der Waals surface area contributed by atoms with Crippen molar-refractivity contribution < 1.29 is 4.79 Å². The molecule has 0 saturated heterocycles. The molecule has 1 rings (SSSR count). The van der Waals surface area contributed by atoms with Crippen molar-refractivity contribution >= 4 is 28.4 Å². The maximum Gasteiger partial charge on any atom is 0.163 e. The van der Waals surface area contributed by atoms with Crippen LogP contribution in [0.5, 0.6) is 0 Å². The van der Waals surface area contributed by atoms with Crippen LogP contribution in [-0.4, -0.2) is 5.78 Å². The van der Waals surface area contributed by atoms with E-state index < -0.39 is 0 Å². The minimum atomic E-state index is 0.244. The molecule has 0 bridgehead atoms. The lowest BCUT2D eigenvalue weighted by molar-refractivity contribution is 0.0968. The van der Waals surface area contributed by atoms with E-state index >= 15 is 0 Å². The van der Waals surface area contributed by atoms with Gasteiger partial charge in [0, 0.05) is 15.6 Å². The fourth-order valence-electron chi connectivity index (χ4n) is 1.15. The van der Waals surface area contributed by atoms with Crippen LogP contribution in [0.4, 0.5) is 0 Å². The van der Waals surface area contributed by atoms with E-state index in [1.807, 2.05) is 24.3 Å². The van der Waals surface area contributed by atoms with Gasteiger partial charge in [-0.1, -0.05) is 26.0 Å². The molecule has 0 aliphatic carbocycles. The van der Waals surface area contributed by atoms with Gasteiger partial charge in [0.15, 0.2) is 5.78 Å². The third-order valence-electron chi connectivity index (χ3n) is 1.74. The summed E-state index contributed by atoms with van der Waals surface area (Å²) in [6.07, 6.45) is 0.639. The normalized spacial score (nSPS) is 10.5. The number of ketones is 1. The van der Waals surface area contributed by atoms with E-state index in [9.17, 15) is 4.79 Å². The van der Waals surface area contributed by atoms with Crippen molar-refractivity contribution in [1.82, 2.24) is 0 Å². The van der Waals surface area contributed by atoms with Gasteiger partial charge in [0.1, 0.15) is 0 Å². The largest absolute Gasteiger partial charge is 0.294 e. The quantitative estimate of drug-likeness (QED) is 0.614. The first-order chi connectivity index (χ1) is 6.09. The summed E-state index contributed by atoms with van der Waals surface area (Å²) in [5, 5.41) is 0. The maximum absolute atomic E-state index is 11.6. The molecule has 0 radical (unpaired) electrons. The van der Waals surface area contributed by atoms with Crippen LogP contribution in [-0.2, 0) is 0 Å². The van der Waals surface area contributed by atoms with Gasteiger partial charge in [0.05, 0.1) is 0 Å². The number of benzene rings is 1. The number of hydrogen-bond acceptors (Lipinski definition) is 1. The Morgan fingerprint density at radius 1 is 1.46 bits per heavy atom. The lowest BCUT2D eigenvalue weighted by Crippen LogP contribution is -2.03. The standard InChI is InChI=1S/C11H13IO/c1-8(2)6-11(13)9-4-3-5-10(12)7-9/h3-5,7-8H,6H2,1-2H3. The van der Waals surface area contributed by atoms with Crippen LogP contribution in [0.1, 0.15) is 30.6 Å². The van der Waals surface area contributed by atoms with E-state index in [0.717, 1.165) is 9.13 Å². The molecule has 0 unspecified atom stereocenters. The van der Waals surface area contributed by atoms with Crippen LogP contribution in [0.25, 0.3) is 0 Å². The molecule has 1 aromatic carbocycles. The molecule has 0 aliphatic rings. The molecule has 1 nitrogen and oxygen atoms in total. The van der Waals surface area contributed by atoms with E-state index in [-0.39, 0.29) is 5.78 Å². The fraction of sp³-hybridized carbons (Fsp3) is 0.364. The molecular formula is C11H13IO. The van der Waals surface area contributed by atoms with Crippen LogP contribution >= 0.6 is 22.6 Å². The summed E-state index contributed by atoms with van der Waals surface area (Å²) in [4.78, 5) is 11.6. The van der Waals surface area contributed by atoms with Gasteiger partial charge in [-0.25, -0.2) is 0 Å². The number of Topliss-reactive ketones (excluding diaryl/α,β-unsaturated/α-hetero) is 1. The first kappa shape index (κ1) is 10.7. The summed E-state index contributed by atoms with van der Waals surface area (Å²) in [6.45, 7) is 4.12. The molecule has 0 N–H and O–H groups in total. The minimum absolute atomic E-state index is 0.244. The second kappa shape index (κ2) is 4.74. The first-order valence-electron chi connectivity index (χ1n) is 4.38. The van der Waals surface area contributed by atoms with E-state index in [1.165, 1.54) is 0 Å². The van der Waals surface area contributed by atoms with Gasteiger partial charge in [-0.05, 0) is 40.6 Å². The van der Waals surface area contributed by atoms with Gasteiger partial charge in [-0.2, -0.15) is 0 Å². The minimum Gasteiger partial charge on any atom is -0.294 e. The highest BCUT2D eigenvalue weighted by Crippen LogP contribution is 2.12. The van der Waals surface area contributed by atoms with Crippen LogP contribution in [0, 0.1) is 9.49 Å². The van der Waals surface area contributed by atoms with Crippen molar-refractivity contribution in [2.24, 2.45) is 5.92 Å². The topological polar surface area (TPSA) is 17.1 Å². The third kappa shape index (κ3) is 3.46. The van der Waals surface area contributed by atoms with E-state index in [4.69, 9.17) is 0 Å². The zero-order valence-corrected chi connectivity index (χ0v) is 10.0. The first-order valence-corrected chi connectivity index (χ1v) is 5.46. The SMILES string of the molecule is CC(C)CC(=O)c1cccc(I)c1. The van der Waals surface area contributed by atoms with Gasteiger partial charge in [-0.15, -0.1) is 0 Å². The molecule has 0 fully saturated rings. The second-order valence-electron chi connectivity index (χ2n) is 3.53. The molecule has 0 saturated carbocycles. The third-order valence-corrected chi connectivity index (χ3v) is 2.41. The monoisotopic (exact) mass is 288 g/mol. The van der Waals surface area contributed by atoms with E-state index in [1.54, 1.807) is 0 Å². The molecule has 0 aliphatic heterocycles. The summed E-state index contributed by atoms with van der Waals surface area (Å²) in [5.41, 5.74) is 0.834. The van der Waals surface area contributed by atoms with Crippen LogP contribution in [0.2, 0.25) is 0 Å². The summed E-state index contributed by atoms with van der Waals surface area (Å²) in [6, 6.07) is 7.74. The summed E-state index contributed by atoms with van der Waals surface area (Å²) < 4.78 is 1.12. The Morgan fingerprint density at radius 2 is 2.15 bits per heavy atom. The molecular weight excluding hydrogens is 275 g/mol. The molecule has 0 amide bonds. The number of halogens is 1. The second-order valence-corrected chi connectivity index (χ2v) is 4.78. The Bertz CT molecular complexity index is 305. The highest BCUT2D eigenvalue weighted by Gasteiger charge is 2.07. The molecule has 1 aromatic rings. The molecule has 70 valence electrons. The summed E-state index contributed by atoms with van der Waals surface area (Å²) in [5.74, 6) is 0.680. The molecule has 0 atom stereocenters. The average molecular weight is 288 g/mol. The van der Waals surface area contributed by atoms with Crippen molar-refractivity contribution in [2.75, 3.05) is 0 Å².